The van der Waals surface area contributed by atoms with E-state index in [1.165, 1.54) is 10.8 Å². The predicted molar refractivity (Wildman–Crippen MR) is 228 cm³/mol. The Kier molecular flexibility index (Phi) is 8.43. The number of fused-ring (bicyclic) bond motifs is 2. The standard InChI is InChI=1S/C51H33N5/c1-3-9-38-29-44(17-15-34(38)7-1)49-54-50(45-18-16-35-8-2-4-10-39(35)30-45)56-51(55-49)48-32-46(42-13-5-11-40(27-42)36-19-23-52-24-20-36)31-47(33-48)43-14-6-12-41(28-43)37-21-25-53-26-22-37/h1-33H. The molecule has 0 saturated carbocycles. The van der Waals surface area contributed by atoms with E-state index in [9.17, 15) is 0 Å². The van der Waals surface area contributed by atoms with Crippen LogP contribution in [0.15, 0.2) is 201 Å². The van der Waals surface area contributed by atoms with Gasteiger partial charge in [0.25, 0.3) is 0 Å². The number of hydrogen-bond acceptors (Lipinski definition) is 5. The van der Waals surface area contributed by atoms with E-state index in [0.29, 0.717) is 17.5 Å². The molecule has 262 valence electrons. The van der Waals surface area contributed by atoms with Gasteiger partial charge in [0, 0.05) is 41.5 Å². The molecule has 0 radical (unpaired) electrons. The predicted octanol–water partition coefficient (Wildman–Crippen LogP) is 12.6. The van der Waals surface area contributed by atoms with E-state index in [1.807, 2.05) is 49.1 Å². The largest absolute Gasteiger partial charge is 0.265 e. The summed E-state index contributed by atoms with van der Waals surface area (Å²) in [6.45, 7) is 0. The summed E-state index contributed by atoms with van der Waals surface area (Å²) in [5.41, 5.74) is 11.5. The van der Waals surface area contributed by atoms with Crippen molar-refractivity contribution in [3.63, 3.8) is 0 Å². The Bertz CT molecular complexity index is 2830. The molecule has 0 aliphatic heterocycles. The minimum Gasteiger partial charge on any atom is -0.265 e. The monoisotopic (exact) mass is 715 g/mol. The molecule has 3 heterocycles. The van der Waals surface area contributed by atoms with Gasteiger partial charge in [0.1, 0.15) is 0 Å². The smallest absolute Gasteiger partial charge is 0.164 e. The van der Waals surface area contributed by atoms with Crippen LogP contribution in [0.1, 0.15) is 0 Å². The quantitative estimate of drug-likeness (QED) is 0.164. The highest BCUT2D eigenvalue weighted by molar-refractivity contribution is 5.89. The fourth-order valence-electron chi connectivity index (χ4n) is 7.36. The lowest BCUT2D eigenvalue weighted by Gasteiger charge is -2.14. The van der Waals surface area contributed by atoms with E-state index in [0.717, 1.165) is 72.0 Å². The number of aromatic nitrogens is 5. The molecule has 0 N–H and O–H groups in total. The molecule has 0 aliphatic rings. The van der Waals surface area contributed by atoms with Crippen LogP contribution in [0.25, 0.3) is 100 Å². The van der Waals surface area contributed by atoms with Crippen molar-refractivity contribution in [3.8, 4) is 78.7 Å². The molecular formula is C51H33N5. The molecular weight excluding hydrogens is 683 g/mol. The molecule has 7 aromatic carbocycles. The average Bonchev–Trinajstić information content (AvgIpc) is 3.29. The molecule has 10 aromatic rings. The molecule has 0 amide bonds. The molecule has 10 rings (SSSR count). The molecule has 5 heteroatoms. The van der Waals surface area contributed by atoms with Crippen LogP contribution >= 0.6 is 0 Å². The van der Waals surface area contributed by atoms with Gasteiger partial charge in [0.15, 0.2) is 17.5 Å². The zero-order valence-corrected chi connectivity index (χ0v) is 30.3. The van der Waals surface area contributed by atoms with Crippen LogP contribution in [-0.4, -0.2) is 24.9 Å². The normalized spacial score (nSPS) is 11.2. The third-order valence-corrected chi connectivity index (χ3v) is 10.3. The van der Waals surface area contributed by atoms with Crippen LogP contribution in [0.5, 0.6) is 0 Å². The number of nitrogens with zero attached hydrogens (tertiary/aromatic N) is 5. The second-order valence-corrected chi connectivity index (χ2v) is 13.9. The summed E-state index contributed by atoms with van der Waals surface area (Å²) >= 11 is 0. The van der Waals surface area contributed by atoms with E-state index in [2.05, 4.69) is 162 Å². The molecule has 0 aliphatic carbocycles. The molecule has 0 atom stereocenters. The van der Waals surface area contributed by atoms with Gasteiger partial charge in [0.05, 0.1) is 0 Å². The van der Waals surface area contributed by atoms with Gasteiger partial charge >= 0.3 is 0 Å². The lowest BCUT2D eigenvalue weighted by atomic mass is 9.93. The summed E-state index contributed by atoms with van der Waals surface area (Å²) in [7, 11) is 0. The Labute approximate surface area is 324 Å². The highest BCUT2D eigenvalue weighted by Crippen LogP contribution is 2.36. The first-order chi connectivity index (χ1) is 27.7. The minimum absolute atomic E-state index is 0.602. The van der Waals surface area contributed by atoms with Gasteiger partial charge in [0.2, 0.25) is 0 Å². The number of pyridine rings is 2. The zero-order chi connectivity index (χ0) is 37.3. The van der Waals surface area contributed by atoms with Crippen LogP contribution in [-0.2, 0) is 0 Å². The first kappa shape index (κ1) is 33.0. The fraction of sp³-hybridized carbons (Fsp3) is 0. The van der Waals surface area contributed by atoms with Gasteiger partial charge in [-0.1, -0.05) is 109 Å². The highest BCUT2D eigenvalue weighted by atomic mass is 15.0. The topological polar surface area (TPSA) is 64.5 Å². The minimum atomic E-state index is 0.602. The molecule has 0 bridgehead atoms. The van der Waals surface area contributed by atoms with Crippen LogP contribution in [0.2, 0.25) is 0 Å². The molecule has 56 heavy (non-hydrogen) atoms. The number of rotatable bonds is 7. The van der Waals surface area contributed by atoms with Crippen molar-refractivity contribution in [2.24, 2.45) is 0 Å². The number of benzene rings is 7. The van der Waals surface area contributed by atoms with Crippen LogP contribution < -0.4 is 0 Å². The molecule has 0 unspecified atom stereocenters. The van der Waals surface area contributed by atoms with Gasteiger partial charge < -0.3 is 0 Å². The van der Waals surface area contributed by atoms with Crippen LogP contribution in [0.3, 0.4) is 0 Å². The third kappa shape index (κ3) is 6.59. The molecule has 5 nitrogen and oxygen atoms in total. The van der Waals surface area contributed by atoms with E-state index in [4.69, 9.17) is 15.0 Å². The van der Waals surface area contributed by atoms with Crippen LogP contribution in [0.4, 0.5) is 0 Å². The second-order valence-electron chi connectivity index (χ2n) is 13.9. The Morgan fingerprint density at radius 1 is 0.214 bits per heavy atom. The fourth-order valence-corrected chi connectivity index (χ4v) is 7.36. The van der Waals surface area contributed by atoms with Crippen molar-refractivity contribution in [2.75, 3.05) is 0 Å². The first-order valence-electron chi connectivity index (χ1n) is 18.6. The van der Waals surface area contributed by atoms with Crippen molar-refractivity contribution in [1.29, 1.82) is 0 Å². The summed E-state index contributed by atoms with van der Waals surface area (Å²) in [5.74, 6) is 1.84. The van der Waals surface area contributed by atoms with E-state index in [1.54, 1.807) is 0 Å². The maximum atomic E-state index is 5.23. The number of hydrogen-bond donors (Lipinski definition) is 0. The van der Waals surface area contributed by atoms with Gasteiger partial charge in [-0.05, 0) is 133 Å². The summed E-state index contributed by atoms with van der Waals surface area (Å²) in [6.07, 6.45) is 7.32. The van der Waals surface area contributed by atoms with Crippen molar-refractivity contribution in [3.05, 3.63) is 201 Å². The highest BCUT2D eigenvalue weighted by Gasteiger charge is 2.16. The SMILES string of the molecule is c1cc(-c2ccncc2)cc(-c2cc(-c3cccc(-c4ccncc4)c3)cc(-c3nc(-c4ccc5ccccc5c4)nc(-c4ccc5ccccc5c4)n3)c2)c1. The second kappa shape index (κ2) is 14.3. The molecule has 0 fully saturated rings. The molecule has 0 spiro atoms. The van der Waals surface area contributed by atoms with Gasteiger partial charge in [-0.2, -0.15) is 0 Å². The van der Waals surface area contributed by atoms with Crippen molar-refractivity contribution >= 4 is 21.5 Å². The maximum absolute atomic E-state index is 5.23. The van der Waals surface area contributed by atoms with Crippen LogP contribution in [0, 0.1) is 0 Å². The lowest BCUT2D eigenvalue weighted by molar-refractivity contribution is 1.08. The molecule has 3 aromatic heterocycles. The summed E-state index contributed by atoms with van der Waals surface area (Å²) in [5, 5.41) is 4.60. The average molecular weight is 716 g/mol. The summed E-state index contributed by atoms with van der Waals surface area (Å²) < 4.78 is 0. The lowest BCUT2D eigenvalue weighted by Crippen LogP contribution is -2.01. The molecule has 0 saturated heterocycles. The first-order valence-corrected chi connectivity index (χ1v) is 18.6. The van der Waals surface area contributed by atoms with Gasteiger partial charge in [-0.25, -0.2) is 15.0 Å². The zero-order valence-electron chi connectivity index (χ0n) is 30.3. The van der Waals surface area contributed by atoms with E-state index < -0.39 is 0 Å². The Morgan fingerprint density at radius 3 is 1.02 bits per heavy atom. The third-order valence-electron chi connectivity index (χ3n) is 10.3. The van der Waals surface area contributed by atoms with Gasteiger partial charge in [-0.15, -0.1) is 0 Å². The maximum Gasteiger partial charge on any atom is 0.164 e. The van der Waals surface area contributed by atoms with E-state index >= 15 is 0 Å². The van der Waals surface area contributed by atoms with E-state index in [-0.39, 0.29) is 0 Å². The van der Waals surface area contributed by atoms with Crippen molar-refractivity contribution in [2.45, 2.75) is 0 Å². The van der Waals surface area contributed by atoms with Crippen molar-refractivity contribution < 1.29 is 0 Å². The van der Waals surface area contributed by atoms with Gasteiger partial charge in [-0.3, -0.25) is 9.97 Å². The Balaban J connectivity index is 1.19. The summed E-state index contributed by atoms with van der Waals surface area (Å²) in [6, 6.07) is 61.7. The Morgan fingerprint density at radius 2 is 0.571 bits per heavy atom. The Hall–Kier alpha value is -7.63. The summed E-state index contributed by atoms with van der Waals surface area (Å²) in [4.78, 5) is 24.1. The van der Waals surface area contributed by atoms with Crippen molar-refractivity contribution in [1.82, 2.24) is 24.9 Å².